The van der Waals surface area contributed by atoms with Gasteiger partial charge in [0.25, 0.3) is 0 Å². The van der Waals surface area contributed by atoms with E-state index in [1.54, 1.807) is 61.5 Å². The first kappa shape index (κ1) is 31.3. The Labute approximate surface area is 245 Å². The lowest BCUT2D eigenvalue weighted by molar-refractivity contribution is -0.139. The van der Waals surface area contributed by atoms with Gasteiger partial charge in [-0.1, -0.05) is 54.4 Å². The van der Waals surface area contributed by atoms with Crippen LogP contribution in [0.4, 0.5) is 5.69 Å². The topological polar surface area (TPSA) is 96.0 Å². The molecule has 8 nitrogen and oxygen atoms in total. The van der Waals surface area contributed by atoms with Crippen molar-refractivity contribution < 1.29 is 22.7 Å². The fraction of sp³-hybridized carbons (Fsp3) is 0.310. The number of rotatable bonds is 12. The molecule has 1 N–H and O–H groups in total. The summed E-state index contributed by atoms with van der Waals surface area (Å²) in [5.41, 5.74) is 0.841. The van der Waals surface area contributed by atoms with Crippen LogP contribution in [0.3, 0.4) is 0 Å². The van der Waals surface area contributed by atoms with E-state index in [2.05, 4.69) is 5.32 Å². The van der Waals surface area contributed by atoms with Gasteiger partial charge in [0.15, 0.2) is 0 Å². The van der Waals surface area contributed by atoms with Crippen molar-refractivity contribution in [2.24, 2.45) is 0 Å². The van der Waals surface area contributed by atoms with Gasteiger partial charge in [-0.3, -0.25) is 13.9 Å². The monoisotopic (exact) mass is 605 g/mol. The number of nitrogens with one attached hydrogen (secondary N) is 1. The standard InChI is InChI=1S/C29H33Cl2N3O5S/c1-5-20(2)32-29(36)21(3)33(18-22-11-12-23(30)17-27(22)31)28(35)19-34(40(4,37)38)24-13-15-26(16-14-24)39-25-9-7-6-8-10-25/h6-17,20-21H,5,18-19H2,1-4H3,(H,32,36)/t20-,21+/m0/s1. The van der Waals surface area contributed by atoms with Crippen LogP contribution in [-0.4, -0.2) is 50.0 Å². The van der Waals surface area contributed by atoms with E-state index in [0.29, 0.717) is 33.5 Å². The Hall–Kier alpha value is -3.27. The van der Waals surface area contributed by atoms with Gasteiger partial charge in [-0.25, -0.2) is 8.42 Å². The first-order chi connectivity index (χ1) is 18.9. The number of anilines is 1. The molecule has 0 aliphatic heterocycles. The molecule has 0 bridgehead atoms. The minimum Gasteiger partial charge on any atom is -0.457 e. The average molecular weight is 607 g/mol. The third-order valence-electron chi connectivity index (χ3n) is 6.31. The number of benzene rings is 3. The van der Waals surface area contributed by atoms with Crippen molar-refractivity contribution in [1.29, 1.82) is 0 Å². The fourth-order valence-electron chi connectivity index (χ4n) is 3.80. The second-order valence-electron chi connectivity index (χ2n) is 9.43. The van der Waals surface area contributed by atoms with Crippen molar-refractivity contribution in [1.82, 2.24) is 10.2 Å². The summed E-state index contributed by atoms with van der Waals surface area (Å²) in [5.74, 6) is 0.199. The van der Waals surface area contributed by atoms with Gasteiger partial charge in [-0.2, -0.15) is 0 Å². The molecule has 3 aromatic rings. The number of carbonyl (C=O) groups is 2. The van der Waals surface area contributed by atoms with E-state index in [9.17, 15) is 18.0 Å². The summed E-state index contributed by atoms with van der Waals surface area (Å²) in [7, 11) is -3.87. The van der Waals surface area contributed by atoms with Crippen molar-refractivity contribution in [2.75, 3.05) is 17.1 Å². The van der Waals surface area contributed by atoms with Crippen molar-refractivity contribution in [3.63, 3.8) is 0 Å². The number of sulfonamides is 1. The number of carbonyl (C=O) groups excluding carboxylic acids is 2. The molecule has 0 saturated carbocycles. The smallest absolute Gasteiger partial charge is 0.244 e. The number of nitrogens with zero attached hydrogens (tertiary/aromatic N) is 2. The lowest BCUT2D eigenvalue weighted by Crippen LogP contribution is -2.52. The molecule has 0 unspecified atom stereocenters. The number of para-hydroxylation sites is 1. The molecule has 3 rings (SSSR count). The molecule has 0 heterocycles. The highest BCUT2D eigenvalue weighted by Crippen LogP contribution is 2.27. The summed E-state index contributed by atoms with van der Waals surface area (Å²) in [5, 5.41) is 3.64. The first-order valence-corrected chi connectivity index (χ1v) is 15.3. The van der Waals surface area contributed by atoms with Gasteiger partial charge in [0.1, 0.15) is 24.1 Å². The molecule has 2 atom stereocenters. The summed E-state index contributed by atoms with van der Waals surface area (Å²) in [6.45, 7) is 4.85. The predicted molar refractivity (Wildman–Crippen MR) is 160 cm³/mol. The first-order valence-electron chi connectivity index (χ1n) is 12.7. The molecule has 214 valence electrons. The van der Waals surface area contributed by atoms with Crippen LogP contribution in [0.1, 0.15) is 32.8 Å². The molecular formula is C29H33Cl2N3O5S. The van der Waals surface area contributed by atoms with E-state index >= 15 is 0 Å². The van der Waals surface area contributed by atoms with Gasteiger partial charge in [0, 0.05) is 22.6 Å². The highest BCUT2D eigenvalue weighted by molar-refractivity contribution is 7.92. The second kappa shape index (κ2) is 13.9. The van der Waals surface area contributed by atoms with Gasteiger partial charge in [-0.05, 0) is 74.4 Å². The SMILES string of the molecule is CC[C@H](C)NC(=O)[C@@H](C)N(Cc1ccc(Cl)cc1Cl)C(=O)CN(c1ccc(Oc2ccccc2)cc1)S(C)(=O)=O. The Balaban J connectivity index is 1.88. The molecule has 0 aliphatic carbocycles. The number of hydrogen-bond acceptors (Lipinski definition) is 5. The van der Waals surface area contributed by atoms with Crippen molar-refractivity contribution in [3.8, 4) is 11.5 Å². The Kier molecular flexibility index (Phi) is 10.8. The Bertz CT molecular complexity index is 1420. The lowest BCUT2D eigenvalue weighted by atomic mass is 10.1. The van der Waals surface area contributed by atoms with Crippen molar-refractivity contribution in [2.45, 2.75) is 45.8 Å². The molecule has 0 spiro atoms. The van der Waals surface area contributed by atoms with E-state index in [1.165, 1.54) is 4.90 Å². The number of amides is 2. The largest absolute Gasteiger partial charge is 0.457 e. The van der Waals surface area contributed by atoms with Crippen LogP contribution in [0.5, 0.6) is 11.5 Å². The van der Waals surface area contributed by atoms with Crippen LogP contribution in [0.2, 0.25) is 10.0 Å². The summed E-state index contributed by atoms with van der Waals surface area (Å²) in [6, 6.07) is 19.4. The van der Waals surface area contributed by atoms with Gasteiger partial charge in [-0.15, -0.1) is 0 Å². The molecule has 40 heavy (non-hydrogen) atoms. The molecule has 0 saturated heterocycles. The van der Waals surface area contributed by atoms with Gasteiger partial charge in [0.05, 0.1) is 11.9 Å². The molecule has 0 aliphatic rings. The second-order valence-corrected chi connectivity index (χ2v) is 12.2. The Morgan fingerprint density at radius 3 is 2.15 bits per heavy atom. The maximum atomic E-state index is 13.7. The lowest BCUT2D eigenvalue weighted by Gasteiger charge is -2.32. The van der Waals surface area contributed by atoms with Gasteiger partial charge >= 0.3 is 0 Å². The molecular weight excluding hydrogens is 573 g/mol. The highest BCUT2D eigenvalue weighted by Gasteiger charge is 2.31. The van der Waals surface area contributed by atoms with Crippen molar-refractivity contribution >= 4 is 50.7 Å². The maximum absolute atomic E-state index is 13.7. The zero-order valence-electron chi connectivity index (χ0n) is 22.8. The van der Waals surface area contributed by atoms with Crippen molar-refractivity contribution in [3.05, 3.63) is 88.4 Å². The minimum atomic E-state index is -3.87. The molecule has 0 radical (unpaired) electrons. The van der Waals surface area contributed by atoms with Crippen LogP contribution in [-0.2, 0) is 26.2 Å². The van der Waals surface area contributed by atoms with Crippen LogP contribution in [0, 0.1) is 0 Å². The zero-order chi connectivity index (χ0) is 29.4. The average Bonchev–Trinajstić information content (AvgIpc) is 2.91. The van der Waals surface area contributed by atoms with E-state index in [1.807, 2.05) is 32.0 Å². The van der Waals surface area contributed by atoms with Crippen LogP contribution < -0.4 is 14.4 Å². The molecule has 11 heteroatoms. The van der Waals surface area contributed by atoms with Crippen LogP contribution in [0.25, 0.3) is 0 Å². The van der Waals surface area contributed by atoms with Crippen LogP contribution in [0.15, 0.2) is 72.8 Å². The Morgan fingerprint density at radius 1 is 0.950 bits per heavy atom. The Morgan fingerprint density at radius 2 is 1.57 bits per heavy atom. The van der Waals surface area contributed by atoms with Crippen LogP contribution >= 0.6 is 23.2 Å². The zero-order valence-corrected chi connectivity index (χ0v) is 25.1. The predicted octanol–water partition coefficient (Wildman–Crippen LogP) is 5.88. The summed E-state index contributed by atoms with van der Waals surface area (Å²) in [4.78, 5) is 28.1. The summed E-state index contributed by atoms with van der Waals surface area (Å²) < 4.78 is 32.4. The number of halogens is 2. The third-order valence-corrected chi connectivity index (χ3v) is 8.03. The minimum absolute atomic E-state index is 0.0224. The number of ether oxygens (including phenoxy) is 1. The highest BCUT2D eigenvalue weighted by atomic mass is 35.5. The van der Waals surface area contributed by atoms with Gasteiger partial charge in [0.2, 0.25) is 21.8 Å². The maximum Gasteiger partial charge on any atom is 0.244 e. The molecule has 3 aromatic carbocycles. The van der Waals surface area contributed by atoms with Gasteiger partial charge < -0.3 is 15.0 Å². The van der Waals surface area contributed by atoms with E-state index in [-0.39, 0.29) is 24.2 Å². The molecule has 2 amide bonds. The third kappa shape index (κ3) is 8.61. The summed E-state index contributed by atoms with van der Waals surface area (Å²) >= 11 is 12.4. The molecule has 0 aromatic heterocycles. The van der Waals surface area contributed by atoms with E-state index < -0.39 is 28.5 Å². The fourth-order valence-corrected chi connectivity index (χ4v) is 5.12. The summed E-state index contributed by atoms with van der Waals surface area (Å²) in [6.07, 6.45) is 1.73. The quantitative estimate of drug-likeness (QED) is 0.278. The molecule has 0 fully saturated rings. The normalized spacial score (nSPS) is 12.8. The number of hydrogen-bond donors (Lipinski definition) is 1. The van der Waals surface area contributed by atoms with E-state index in [4.69, 9.17) is 27.9 Å². The van der Waals surface area contributed by atoms with E-state index in [0.717, 1.165) is 10.6 Å².